The van der Waals surface area contributed by atoms with E-state index in [1.54, 1.807) is 6.20 Å². The van der Waals surface area contributed by atoms with Crippen LogP contribution in [0, 0.1) is 0 Å². The number of hydrogen-bond donors (Lipinski definition) is 1. The Kier molecular flexibility index (Phi) is 3.83. The number of nitrogens with one attached hydrogen (secondary N) is 1. The molecule has 0 amide bonds. The topological polar surface area (TPSA) is 29.2 Å². The van der Waals surface area contributed by atoms with Gasteiger partial charge in [0.05, 0.1) is 0 Å². The average molecular weight is 154 g/mol. The molecule has 1 N–H and O–H groups in total. The average Bonchev–Trinajstić information content (AvgIpc) is 2.50. The summed E-state index contributed by atoms with van der Waals surface area (Å²) < 4.78 is 0. The molecule has 11 heavy (non-hydrogen) atoms. The van der Waals surface area contributed by atoms with Crippen LogP contribution in [-0.4, -0.2) is 6.54 Å². The van der Waals surface area contributed by atoms with Crippen LogP contribution >= 0.6 is 0 Å². The van der Waals surface area contributed by atoms with Gasteiger partial charge in [-0.25, -0.2) is 0 Å². The number of nitrogens with zero attached hydrogens (tertiary/aromatic N) is 2. The number of rotatable bonds is 5. The Hall–Kier alpha value is -0.700. The maximum Gasteiger partial charge on any atom is 0.143 e. The third kappa shape index (κ3) is 3.28. The lowest BCUT2D eigenvalue weighted by Crippen LogP contribution is -3.01. The molecule has 0 fully saturated rings. The van der Waals surface area contributed by atoms with Gasteiger partial charge in [-0.05, 0) is 12.8 Å². The summed E-state index contributed by atoms with van der Waals surface area (Å²) in [7, 11) is 0. The van der Waals surface area contributed by atoms with Gasteiger partial charge in [-0.1, -0.05) is 19.8 Å². The van der Waals surface area contributed by atoms with E-state index in [1.165, 1.54) is 25.7 Å². The van der Waals surface area contributed by atoms with Gasteiger partial charge in [0.25, 0.3) is 0 Å². The monoisotopic (exact) mass is 154 g/mol. The third-order valence-electron chi connectivity index (χ3n) is 1.81. The molecule has 0 aromatic carbocycles. The normalized spacial score (nSPS) is 21.4. The predicted octanol–water partition coefficient (Wildman–Crippen LogP) is 1.30. The zero-order chi connectivity index (χ0) is 7.94. The van der Waals surface area contributed by atoms with Crippen molar-refractivity contribution in [3.05, 3.63) is 12.4 Å². The van der Waals surface area contributed by atoms with E-state index in [2.05, 4.69) is 17.3 Å². The lowest BCUT2D eigenvalue weighted by molar-refractivity contribution is -0.855. The van der Waals surface area contributed by atoms with Crippen LogP contribution in [0.3, 0.4) is 0 Å². The minimum absolute atomic E-state index is 1.10. The minimum atomic E-state index is 1.10. The molecule has 1 heterocycles. The fourth-order valence-corrected chi connectivity index (χ4v) is 1.13. The number of unbranched alkanes of at least 4 members (excludes halogenated alkanes) is 3. The van der Waals surface area contributed by atoms with Crippen molar-refractivity contribution in [2.24, 2.45) is 10.3 Å². The fourth-order valence-electron chi connectivity index (χ4n) is 1.13. The van der Waals surface area contributed by atoms with Gasteiger partial charge in [0.15, 0.2) is 0 Å². The van der Waals surface area contributed by atoms with Crippen molar-refractivity contribution >= 4 is 0 Å². The zero-order valence-corrected chi connectivity index (χ0v) is 7.08. The summed E-state index contributed by atoms with van der Waals surface area (Å²) >= 11 is 0. The quantitative estimate of drug-likeness (QED) is 0.578. The van der Waals surface area contributed by atoms with Gasteiger partial charge >= 0.3 is 0 Å². The summed E-state index contributed by atoms with van der Waals surface area (Å²) in [6, 6.07) is 0. The first-order valence-corrected chi connectivity index (χ1v) is 4.36. The van der Waals surface area contributed by atoms with Crippen LogP contribution in [0.15, 0.2) is 22.7 Å². The second kappa shape index (κ2) is 5.02. The Balaban J connectivity index is 1.95. The minimum Gasteiger partial charge on any atom is -0.162 e. The van der Waals surface area contributed by atoms with Crippen LogP contribution in [0.4, 0.5) is 0 Å². The molecule has 1 rings (SSSR count). The summed E-state index contributed by atoms with van der Waals surface area (Å²) in [6.45, 7) is 3.32. The van der Waals surface area contributed by atoms with Gasteiger partial charge < -0.3 is 0 Å². The van der Waals surface area contributed by atoms with Crippen molar-refractivity contribution in [3.8, 4) is 0 Å². The number of quaternary nitrogens is 1. The van der Waals surface area contributed by atoms with Gasteiger partial charge in [0.1, 0.15) is 18.9 Å². The van der Waals surface area contributed by atoms with Crippen LogP contribution < -0.4 is 5.01 Å². The summed E-state index contributed by atoms with van der Waals surface area (Å²) in [6.07, 6.45) is 8.97. The molecular weight excluding hydrogens is 138 g/mol. The largest absolute Gasteiger partial charge is 0.162 e. The Morgan fingerprint density at radius 3 is 2.82 bits per heavy atom. The maximum absolute atomic E-state index is 3.96. The molecular formula is C8H16N3+. The molecule has 0 aromatic heterocycles. The van der Waals surface area contributed by atoms with Crippen LogP contribution in [-0.2, 0) is 0 Å². The Bertz CT molecular complexity index is 139. The summed E-state index contributed by atoms with van der Waals surface area (Å²) in [5, 5.41) is 8.87. The molecule has 0 aromatic rings. The van der Waals surface area contributed by atoms with Crippen molar-refractivity contribution in [2.75, 3.05) is 6.54 Å². The molecule has 0 aliphatic carbocycles. The molecule has 0 radical (unpaired) electrons. The molecule has 62 valence electrons. The van der Waals surface area contributed by atoms with Gasteiger partial charge in [-0.15, -0.1) is 5.11 Å². The van der Waals surface area contributed by atoms with Crippen molar-refractivity contribution in [1.29, 1.82) is 0 Å². The standard InChI is InChI=1S/C8H15N3/c1-2-3-4-5-7-11-8-6-9-10-11/h6,8H,2-5,7H2,1H3/p+1. The first kappa shape index (κ1) is 8.40. The smallest absolute Gasteiger partial charge is 0.143 e. The van der Waals surface area contributed by atoms with Crippen LogP contribution in [0.25, 0.3) is 0 Å². The lowest BCUT2D eigenvalue weighted by Gasteiger charge is -2.01. The molecule has 0 saturated carbocycles. The van der Waals surface area contributed by atoms with Crippen LogP contribution in [0.1, 0.15) is 32.6 Å². The molecule has 1 aliphatic rings. The zero-order valence-electron chi connectivity index (χ0n) is 7.08. The van der Waals surface area contributed by atoms with Gasteiger partial charge in [0.2, 0.25) is 0 Å². The van der Waals surface area contributed by atoms with Crippen molar-refractivity contribution in [2.45, 2.75) is 32.6 Å². The molecule has 1 unspecified atom stereocenters. The Morgan fingerprint density at radius 2 is 2.18 bits per heavy atom. The van der Waals surface area contributed by atoms with Crippen molar-refractivity contribution < 1.29 is 5.01 Å². The van der Waals surface area contributed by atoms with E-state index >= 15 is 0 Å². The van der Waals surface area contributed by atoms with E-state index in [4.69, 9.17) is 0 Å². The first-order chi connectivity index (χ1) is 5.43. The Labute approximate surface area is 67.8 Å². The van der Waals surface area contributed by atoms with E-state index in [-0.39, 0.29) is 0 Å². The predicted molar refractivity (Wildman–Crippen MR) is 44.0 cm³/mol. The maximum atomic E-state index is 3.96. The summed E-state index contributed by atoms with van der Waals surface area (Å²) in [4.78, 5) is 0. The van der Waals surface area contributed by atoms with Gasteiger partial charge in [-0.2, -0.15) is 5.01 Å². The molecule has 1 aliphatic heterocycles. The SMILES string of the molecule is CCCCCC[NH+]1C=CN=N1. The molecule has 3 heteroatoms. The van der Waals surface area contributed by atoms with Crippen molar-refractivity contribution in [3.63, 3.8) is 0 Å². The lowest BCUT2D eigenvalue weighted by atomic mass is 10.2. The van der Waals surface area contributed by atoms with E-state index in [0.29, 0.717) is 0 Å². The number of hydrogen-bond acceptors (Lipinski definition) is 2. The van der Waals surface area contributed by atoms with Crippen molar-refractivity contribution in [1.82, 2.24) is 0 Å². The van der Waals surface area contributed by atoms with Gasteiger partial charge in [-0.3, -0.25) is 0 Å². The van der Waals surface area contributed by atoms with Crippen LogP contribution in [0.2, 0.25) is 0 Å². The second-order valence-electron chi connectivity index (χ2n) is 2.83. The highest BCUT2D eigenvalue weighted by Crippen LogP contribution is 1.96. The molecule has 3 nitrogen and oxygen atoms in total. The molecule has 0 bridgehead atoms. The van der Waals surface area contributed by atoms with Crippen LogP contribution in [0.5, 0.6) is 0 Å². The highest BCUT2D eigenvalue weighted by atomic mass is 15.6. The van der Waals surface area contributed by atoms with Gasteiger partial charge in [0, 0.05) is 5.22 Å². The highest BCUT2D eigenvalue weighted by Gasteiger charge is 2.05. The summed E-state index contributed by atoms with van der Waals surface area (Å²) in [5.41, 5.74) is 0. The third-order valence-corrected chi connectivity index (χ3v) is 1.81. The second-order valence-corrected chi connectivity index (χ2v) is 2.83. The molecule has 0 saturated heterocycles. The van der Waals surface area contributed by atoms with E-state index in [9.17, 15) is 0 Å². The van der Waals surface area contributed by atoms with E-state index in [1.807, 2.05) is 6.20 Å². The highest BCUT2D eigenvalue weighted by molar-refractivity contribution is 4.67. The fraction of sp³-hybridized carbons (Fsp3) is 0.750. The molecule has 0 spiro atoms. The first-order valence-electron chi connectivity index (χ1n) is 4.36. The van der Waals surface area contributed by atoms with E-state index in [0.717, 1.165) is 11.6 Å². The van der Waals surface area contributed by atoms with E-state index < -0.39 is 0 Å². The summed E-state index contributed by atoms with van der Waals surface area (Å²) in [5.74, 6) is 0. The molecule has 1 atom stereocenters. The Morgan fingerprint density at radius 1 is 1.27 bits per heavy atom.